The minimum absolute atomic E-state index is 0.0868. The lowest BCUT2D eigenvalue weighted by molar-refractivity contribution is -0.202. The predicted octanol–water partition coefficient (Wildman–Crippen LogP) is 1.49. The van der Waals surface area contributed by atoms with Crippen molar-refractivity contribution in [2.45, 2.75) is 24.7 Å². The fourth-order valence-corrected chi connectivity index (χ4v) is 2.49. The minimum Gasteiger partial charge on any atom is -0.497 e. The van der Waals surface area contributed by atoms with Crippen molar-refractivity contribution in [1.29, 1.82) is 0 Å². The first-order valence-corrected chi connectivity index (χ1v) is 6.96. The van der Waals surface area contributed by atoms with E-state index in [4.69, 9.17) is 18.9 Å². The number of esters is 1. The molecule has 3 rings (SSSR count). The molecule has 0 amide bonds. The van der Waals surface area contributed by atoms with Crippen LogP contribution in [0.15, 0.2) is 36.4 Å². The van der Waals surface area contributed by atoms with E-state index in [0.717, 1.165) is 0 Å². The summed E-state index contributed by atoms with van der Waals surface area (Å²) >= 11 is 0. The molecule has 2 heterocycles. The van der Waals surface area contributed by atoms with E-state index in [1.165, 1.54) is 6.08 Å². The summed E-state index contributed by atoms with van der Waals surface area (Å²) in [6.07, 6.45) is 2.03. The van der Waals surface area contributed by atoms with Crippen molar-refractivity contribution in [3.63, 3.8) is 0 Å². The fourth-order valence-electron chi connectivity index (χ4n) is 2.49. The Kier molecular flexibility index (Phi) is 4.22. The molecule has 6 nitrogen and oxygen atoms in total. The molecule has 2 aliphatic rings. The van der Waals surface area contributed by atoms with Gasteiger partial charge in [0, 0.05) is 5.56 Å². The molecule has 3 atom stereocenters. The zero-order valence-corrected chi connectivity index (χ0v) is 12.1. The molecule has 0 spiro atoms. The summed E-state index contributed by atoms with van der Waals surface area (Å²) in [5, 5.41) is 0. The molecule has 6 heteroatoms. The molecule has 1 aromatic rings. The van der Waals surface area contributed by atoms with Gasteiger partial charge in [-0.3, -0.25) is 9.59 Å². The second-order valence-electron chi connectivity index (χ2n) is 5.06. The Hall–Kier alpha value is -2.18. The molecule has 2 saturated heterocycles. The molecular weight excluding hydrogens is 288 g/mol. The van der Waals surface area contributed by atoms with Crippen LogP contribution in [-0.4, -0.2) is 44.0 Å². The van der Waals surface area contributed by atoms with E-state index in [1.807, 2.05) is 0 Å². The Labute approximate surface area is 127 Å². The number of fused-ring (bicyclic) bond motifs is 1. The van der Waals surface area contributed by atoms with Gasteiger partial charge < -0.3 is 18.9 Å². The van der Waals surface area contributed by atoms with Crippen molar-refractivity contribution in [1.82, 2.24) is 0 Å². The third-order valence-electron chi connectivity index (χ3n) is 3.68. The van der Waals surface area contributed by atoms with Crippen molar-refractivity contribution in [2.75, 3.05) is 13.9 Å². The molecule has 2 aliphatic heterocycles. The lowest BCUT2D eigenvalue weighted by Crippen LogP contribution is -2.42. The number of allylic oxidation sites excluding steroid dienone is 1. The van der Waals surface area contributed by atoms with Crippen molar-refractivity contribution < 1.29 is 28.5 Å². The minimum atomic E-state index is -0.485. The van der Waals surface area contributed by atoms with E-state index in [1.54, 1.807) is 37.5 Å². The second kappa shape index (κ2) is 6.29. The van der Waals surface area contributed by atoms with Gasteiger partial charge in [-0.15, -0.1) is 0 Å². The molecule has 0 unspecified atom stereocenters. The summed E-state index contributed by atoms with van der Waals surface area (Å²) < 4.78 is 21.0. The molecule has 0 N–H and O–H groups in total. The molecule has 116 valence electrons. The third-order valence-corrected chi connectivity index (χ3v) is 3.68. The van der Waals surface area contributed by atoms with Gasteiger partial charge in [0.15, 0.2) is 11.9 Å². The van der Waals surface area contributed by atoms with Crippen molar-refractivity contribution in [3.05, 3.63) is 42.0 Å². The van der Waals surface area contributed by atoms with E-state index >= 15 is 0 Å². The second-order valence-corrected chi connectivity index (χ2v) is 5.06. The number of benzene rings is 1. The van der Waals surface area contributed by atoms with E-state index in [9.17, 15) is 9.59 Å². The van der Waals surface area contributed by atoms with Crippen LogP contribution in [0.2, 0.25) is 0 Å². The Bertz CT molecular complexity index is 591. The van der Waals surface area contributed by atoms with Crippen LogP contribution in [0.1, 0.15) is 16.8 Å². The van der Waals surface area contributed by atoms with Crippen LogP contribution in [0.5, 0.6) is 5.75 Å². The Morgan fingerprint density at radius 1 is 1.27 bits per heavy atom. The number of ketones is 1. The van der Waals surface area contributed by atoms with Gasteiger partial charge in [-0.05, 0) is 36.4 Å². The highest BCUT2D eigenvalue weighted by Gasteiger charge is 2.43. The van der Waals surface area contributed by atoms with Crippen LogP contribution in [0.25, 0.3) is 0 Å². The lowest BCUT2D eigenvalue weighted by Gasteiger charge is -2.29. The van der Waals surface area contributed by atoms with Crippen LogP contribution in [-0.2, 0) is 19.0 Å². The van der Waals surface area contributed by atoms with Crippen molar-refractivity contribution >= 4 is 11.8 Å². The van der Waals surface area contributed by atoms with Crippen molar-refractivity contribution in [2.24, 2.45) is 0 Å². The standard InChI is InChI=1S/C16H16O6/c1-19-11-4-2-10(3-5-11)12(17)6-7-13-16-14(21-9-20-13)8-15(18)22-16/h2-7,13-14,16H,8-9H2,1H3/b7-6+/t13-,14+,16+/m0/s1. The molecule has 0 aliphatic carbocycles. The van der Waals surface area contributed by atoms with Gasteiger partial charge in [-0.1, -0.05) is 0 Å². The van der Waals surface area contributed by atoms with Gasteiger partial charge in [0.25, 0.3) is 0 Å². The highest BCUT2D eigenvalue weighted by Crippen LogP contribution is 2.27. The highest BCUT2D eigenvalue weighted by atomic mass is 16.7. The molecule has 0 radical (unpaired) electrons. The molecule has 0 saturated carbocycles. The molecular formula is C16H16O6. The van der Waals surface area contributed by atoms with Crippen LogP contribution in [0, 0.1) is 0 Å². The molecule has 0 bridgehead atoms. The zero-order chi connectivity index (χ0) is 15.5. The maximum absolute atomic E-state index is 12.1. The summed E-state index contributed by atoms with van der Waals surface area (Å²) in [7, 11) is 1.57. The monoisotopic (exact) mass is 304 g/mol. The number of rotatable bonds is 4. The number of carbonyl (C=O) groups excluding carboxylic acids is 2. The lowest BCUT2D eigenvalue weighted by atomic mass is 10.0. The smallest absolute Gasteiger partial charge is 0.309 e. The maximum Gasteiger partial charge on any atom is 0.309 e. The summed E-state index contributed by atoms with van der Waals surface area (Å²) in [4.78, 5) is 23.4. The van der Waals surface area contributed by atoms with Crippen LogP contribution in [0.4, 0.5) is 0 Å². The SMILES string of the molecule is COc1ccc(C(=O)/C=C/[C@@H]2OCO[C@@H]3CC(=O)O[C@H]23)cc1. The van der Waals surface area contributed by atoms with Gasteiger partial charge in [0.2, 0.25) is 0 Å². The fraction of sp³-hybridized carbons (Fsp3) is 0.375. The number of methoxy groups -OCH3 is 1. The summed E-state index contributed by atoms with van der Waals surface area (Å²) in [6.45, 7) is 0.0868. The quantitative estimate of drug-likeness (QED) is 0.477. The first-order chi connectivity index (χ1) is 10.7. The van der Waals surface area contributed by atoms with E-state index in [-0.39, 0.29) is 31.1 Å². The maximum atomic E-state index is 12.1. The largest absolute Gasteiger partial charge is 0.497 e. The van der Waals surface area contributed by atoms with Gasteiger partial charge in [0.05, 0.1) is 13.5 Å². The Morgan fingerprint density at radius 3 is 2.77 bits per heavy atom. The summed E-state index contributed by atoms with van der Waals surface area (Å²) in [5.41, 5.74) is 0.545. The topological polar surface area (TPSA) is 71.1 Å². The van der Waals surface area contributed by atoms with Gasteiger partial charge in [-0.2, -0.15) is 0 Å². The number of hydrogen-bond acceptors (Lipinski definition) is 6. The van der Waals surface area contributed by atoms with Crippen LogP contribution < -0.4 is 4.74 Å². The van der Waals surface area contributed by atoms with Crippen LogP contribution >= 0.6 is 0 Å². The van der Waals surface area contributed by atoms with E-state index < -0.39 is 12.2 Å². The number of carbonyl (C=O) groups is 2. The third kappa shape index (κ3) is 3.03. The predicted molar refractivity (Wildman–Crippen MR) is 75.6 cm³/mol. The summed E-state index contributed by atoms with van der Waals surface area (Å²) in [5.74, 6) is 0.230. The van der Waals surface area contributed by atoms with Crippen molar-refractivity contribution in [3.8, 4) is 5.75 Å². The molecule has 2 fully saturated rings. The van der Waals surface area contributed by atoms with Crippen LogP contribution in [0.3, 0.4) is 0 Å². The summed E-state index contributed by atoms with van der Waals surface area (Å²) in [6, 6.07) is 6.82. The molecule has 0 aromatic heterocycles. The first kappa shape index (κ1) is 14.7. The zero-order valence-electron chi connectivity index (χ0n) is 12.1. The van der Waals surface area contributed by atoms with E-state index in [0.29, 0.717) is 11.3 Å². The average Bonchev–Trinajstić information content (AvgIpc) is 2.93. The Balaban J connectivity index is 1.67. The molecule has 22 heavy (non-hydrogen) atoms. The normalized spacial score (nSPS) is 27.5. The molecule has 1 aromatic carbocycles. The van der Waals surface area contributed by atoms with E-state index in [2.05, 4.69) is 0 Å². The highest BCUT2D eigenvalue weighted by molar-refractivity contribution is 6.04. The van der Waals surface area contributed by atoms with Gasteiger partial charge >= 0.3 is 5.97 Å². The number of hydrogen-bond donors (Lipinski definition) is 0. The average molecular weight is 304 g/mol. The number of ether oxygens (including phenoxy) is 4. The van der Waals surface area contributed by atoms with Gasteiger partial charge in [0.1, 0.15) is 24.8 Å². The first-order valence-electron chi connectivity index (χ1n) is 6.96. The Morgan fingerprint density at radius 2 is 2.05 bits per heavy atom. The van der Waals surface area contributed by atoms with Gasteiger partial charge in [-0.25, -0.2) is 0 Å².